The summed E-state index contributed by atoms with van der Waals surface area (Å²) in [5.41, 5.74) is 5.19. The first-order valence-electron chi connectivity index (χ1n) is 8.85. The number of rotatable bonds is 5. The summed E-state index contributed by atoms with van der Waals surface area (Å²) in [6.07, 6.45) is 1.49. The Hall–Kier alpha value is -3.10. The van der Waals surface area contributed by atoms with Crippen molar-refractivity contribution in [2.24, 2.45) is 5.10 Å². The van der Waals surface area contributed by atoms with E-state index in [0.717, 1.165) is 10.0 Å². The Morgan fingerprint density at radius 3 is 2.60 bits per heavy atom. The molecule has 0 spiro atoms. The van der Waals surface area contributed by atoms with E-state index < -0.39 is 5.97 Å². The van der Waals surface area contributed by atoms with Crippen LogP contribution in [0, 0.1) is 12.7 Å². The largest absolute Gasteiger partial charge is 0.422 e. The van der Waals surface area contributed by atoms with Gasteiger partial charge >= 0.3 is 5.97 Å². The van der Waals surface area contributed by atoms with Gasteiger partial charge in [-0.3, -0.25) is 5.43 Å². The molecule has 0 aliphatic heterocycles. The van der Waals surface area contributed by atoms with Gasteiger partial charge in [0.2, 0.25) is 0 Å². The van der Waals surface area contributed by atoms with Crippen molar-refractivity contribution in [3.8, 4) is 5.75 Å². The van der Waals surface area contributed by atoms with Crippen molar-refractivity contribution in [2.75, 3.05) is 5.32 Å². The molecule has 0 saturated heterocycles. The molecule has 0 unspecified atom stereocenters. The number of nitrogens with zero attached hydrogens (tertiary/aromatic N) is 1. The maximum Gasteiger partial charge on any atom is 0.343 e. The number of hydrogen-bond donors (Lipinski definition) is 2. The SMILES string of the molecule is Cc1ccccc1C(=O)Oc1ccc(Br)cc1/C=N\NC(=S)Nc1ccc(F)cc1. The Labute approximate surface area is 187 Å². The van der Waals surface area contributed by atoms with Crippen molar-refractivity contribution in [2.45, 2.75) is 6.92 Å². The summed E-state index contributed by atoms with van der Waals surface area (Å²) in [6, 6.07) is 18.2. The highest BCUT2D eigenvalue weighted by atomic mass is 79.9. The van der Waals surface area contributed by atoms with Gasteiger partial charge in [0, 0.05) is 15.7 Å². The summed E-state index contributed by atoms with van der Waals surface area (Å²) in [7, 11) is 0. The number of hydrazone groups is 1. The van der Waals surface area contributed by atoms with Crippen LogP contribution in [-0.2, 0) is 0 Å². The van der Waals surface area contributed by atoms with Crippen molar-refractivity contribution in [3.05, 3.63) is 93.7 Å². The topological polar surface area (TPSA) is 62.7 Å². The van der Waals surface area contributed by atoms with Crippen LogP contribution in [0.25, 0.3) is 0 Å². The zero-order valence-corrected chi connectivity index (χ0v) is 18.3. The highest BCUT2D eigenvalue weighted by Crippen LogP contribution is 2.23. The number of thiocarbonyl (C=S) groups is 1. The zero-order chi connectivity index (χ0) is 21.5. The third-order valence-corrected chi connectivity index (χ3v) is 4.70. The molecular weight excluding hydrogens is 469 g/mol. The minimum absolute atomic E-state index is 0.228. The average Bonchev–Trinajstić information content (AvgIpc) is 2.72. The summed E-state index contributed by atoms with van der Waals surface area (Å²) < 4.78 is 19.3. The summed E-state index contributed by atoms with van der Waals surface area (Å²) in [5.74, 6) is -0.430. The minimum atomic E-state index is -0.452. The Bertz CT molecular complexity index is 1100. The van der Waals surface area contributed by atoms with E-state index in [2.05, 4.69) is 31.8 Å². The fourth-order valence-corrected chi connectivity index (χ4v) is 3.07. The van der Waals surface area contributed by atoms with E-state index in [1.54, 1.807) is 42.5 Å². The molecule has 3 aromatic rings. The normalized spacial score (nSPS) is 10.6. The fourth-order valence-electron chi connectivity index (χ4n) is 2.52. The van der Waals surface area contributed by atoms with Crippen LogP contribution in [-0.4, -0.2) is 17.3 Å². The number of anilines is 1. The smallest absolute Gasteiger partial charge is 0.343 e. The lowest BCUT2D eigenvalue weighted by molar-refractivity contribution is 0.0733. The molecule has 3 aromatic carbocycles. The Kier molecular flexibility index (Phi) is 7.26. The summed E-state index contributed by atoms with van der Waals surface area (Å²) in [4.78, 5) is 12.5. The second-order valence-electron chi connectivity index (χ2n) is 6.22. The van der Waals surface area contributed by atoms with Gasteiger partial charge in [-0.15, -0.1) is 0 Å². The molecule has 5 nitrogen and oxygen atoms in total. The van der Waals surface area contributed by atoms with Crippen LogP contribution in [0.15, 0.2) is 76.3 Å². The van der Waals surface area contributed by atoms with Crippen molar-refractivity contribution in [1.82, 2.24) is 5.43 Å². The standard InChI is InChI=1S/C22H17BrFN3O2S/c1-14-4-2-3-5-19(14)21(28)29-20-11-6-16(23)12-15(20)13-25-27-22(30)26-18-9-7-17(24)8-10-18/h2-13H,1H3,(H2,26,27,30)/b25-13-. The summed E-state index contributed by atoms with van der Waals surface area (Å²) in [6.45, 7) is 1.85. The van der Waals surface area contributed by atoms with Gasteiger partial charge in [0.1, 0.15) is 11.6 Å². The van der Waals surface area contributed by atoms with Gasteiger partial charge in [0.15, 0.2) is 5.11 Å². The maximum atomic E-state index is 13.0. The molecule has 152 valence electrons. The lowest BCUT2D eigenvalue weighted by Gasteiger charge is -2.10. The molecule has 0 amide bonds. The maximum absolute atomic E-state index is 13.0. The summed E-state index contributed by atoms with van der Waals surface area (Å²) in [5, 5.41) is 7.20. The number of hydrogen-bond acceptors (Lipinski definition) is 4. The van der Waals surface area contributed by atoms with Crippen molar-refractivity contribution in [3.63, 3.8) is 0 Å². The lowest BCUT2D eigenvalue weighted by atomic mass is 10.1. The van der Waals surface area contributed by atoms with Crippen molar-refractivity contribution in [1.29, 1.82) is 0 Å². The molecule has 0 atom stereocenters. The second-order valence-corrected chi connectivity index (χ2v) is 7.54. The highest BCUT2D eigenvalue weighted by Gasteiger charge is 2.13. The third-order valence-electron chi connectivity index (χ3n) is 4.01. The highest BCUT2D eigenvalue weighted by molar-refractivity contribution is 9.10. The van der Waals surface area contributed by atoms with Crippen LogP contribution in [0.5, 0.6) is 5.75 Å². The Balaban J connectivity index is 1.68. The first kappa shape index (κ1) is 21.6. The van der Waals surface area contributed by atoms with Crippen LogP contribution in [0.2, 0.25) is 0 Å². The van der Waals surface area contributed by atoms with E-state index in [-0.39, 0.29) is 10.9 Å². The number of benzene rings is 3. The molecule has 0 aromatic heterocycles. The Morgan fingerprint density at radius 2 is 1.87 bits per heavy atom. The van der Waals surface area contributed by atoms with Gasteiger partial charge in [-0.2, -0.15) is 5.10 Å². The lowest BCUT2D eigenvalue weighted by Crippen LogP contribution is -2.23. The molecule has 3 rings (SSSR count). The van der Waals surface area contributed by atoms with Gasteiger partial charge < -0.3 is 10.1 Å². The van der Waals surface area contributed by atoms with Gasteiger partial charge in [0.05, 0.1) is 11.8 Å². The van der Waals surface area contributed by atoms with Gasteiger partial charge in [-0.1, -0.05) is 34.1 Å². The molecular formula is C22H17BrFN3O2S. The molecule has 0 aliphatic carbocycles. The van der Waals surface area contributed by atoms with Gasteiger partial charge in [0.25, 0.3) is 0 Å². The number of esters is 1. The minimum Gasteiger partial charge on any atom is -0.422 e. The molecule has 0 fully saturated rings. The van der Waals surface area contributed by atoms with Crippen LogP contribution >= 0.6 is 28.1 Å². The predicted molar refractivity (Wildman–Crippen MR) is 124 cm³/mol. The number of ether oxygens (including phenoxy) is 1. The fraction of sp³-hybridized carbons (Fsp3) is 0.0455. The molecule has 0 saturated carbocycles. The van der Waals surface area contributed by atoms with E-state index in [1.807, 2.05) is 19.1 Å². The quantitative estimate of drug-likeness (QED) is 0.166. The number of aryl methyl sites for hydroxylation is 1. The van der Waals surface area contributed by atoms with Crippen LogP contribution in [0.3, 0.4) is 0 Å². The van der Waals surface area contributed by atoms with Crippen LogP contribution in [0.1, 0.15) is 21.5 Å². The van der Waals surface area contributed by atoms with Gasteiger partial charge in [-0.25, -0.2) is 9.18 Å². The molecule has 0 heterocycles. The van der Waals surface area contributed by atoms with E-state index in [9.17, 15) is 9.18 Å². The second kappa shape index (κ2) is 10.1. The number of halogens is 2. The molecule has 0 bridgehead atoms. The van der Waals surface area contributed by atoms with Crippen molar-refractivity contribution >= 4 is 51.1 Å². The molecule has 0 aliphatic rings. The van der Waals surface area contributed by atoms with E-state index in [4.69, 9.17) is 17.0 Å². The monoisotopic (exact) mass is 485 g/mol. The number of nitrogens with one attached hydrogen (secondary N) is 2. The molecule has 30 heavy (non-hydrogen) atoms. The Morgan fingerprint density at radius 1 is 1.13 bits per heavy atom. The number of carbonyl (C=O) groups excluding carboxylic acids is 1. The van der Waals surface area contributed by atoms with Crippen molar-refractivity contribution < 1.29 is 13.9 Å². The molecule has 2 N–H and O–H groups in total. The first-order chi connectivity index (χ1) is 14.4. The van der Waals surface area contributed by atoms with Crippen LogP contribution in [0.4, 0.5) is 10.1 Å². The third kappa shape index (κ3) is 5.95. The van der Waals surface area contributed by atoms with Gasteiger partial charge in [-0.05, 0) is 73.2 Å². The predicted octanol–water partition coefficient (Wildman–Crippen LogP) is 5.44. The van der Waals surface area contributed by atoms with E-state index in [1.165, 1.54) is 18.3 Å². The molecule has 0 radical (unpaired) electrons. The van der Waals surface area contributed by atoms with E-state index >= 15 is 0 Å². The van der Waals surface area contributed by atoms with Crippen LogP contribution < -0.4 is 15.5 Å². The molecule has 8 heteroatoms. The zero-order valence-electron chi connectivity index (χ0n) is 15.9. The first-order valence-corrected chi connectivity index (χ1v) is 10.1. The van der Waals surface area contributed by atoms with E-state index in [0.29, 0.717) is 22.6 Å². The average molecular weight is 486 g/mol. The summed E-state index contributed by atoms with van der Waals surface area (Å²) >= 11 is 8.57. The number of carbonyl (C=O) groups is 1.